The Kier molecular flexibility index (Phi) is 4.57. The predicted molar refractivity (Wildman–Crippen MR) is 66.9 cm³/mol. The zero-order chi connectivity index (χ0) is 11.3. The van der Waals surface area contributed by atoms with Gasteiger partial charge in [0.15, 0.2) is 0 Å². The van der Waals surface area contributed by atoms with Crippen molar-refractivity contribution in [2.24, 2.45) is 5.73 Å². The standard InChI is InChI=1S/C14H21N/c1-11(2)9-10-14(15)12(3)13-7-5-4-6-8-13/h4-9,12,14H,10,15H2,1-3H3. The van der Waals surface area contributed by atoms with E-state index < -0.39 is 0 Å². The monoisotopic (exact) mass is 203 g/mol. The highest BCUT2D eigenvalue weighted by molar-refractivity contribution is 5.20. The van der Waals surface area contributed by atoms with E-state index in [1.165, 1.54) is 11.1 Å². The lowest BCUT2D eigenvalue weighted by molar-refractivity contribution is 0.572. The summed E-state index contributed by atoms with van der Waals surface area (Å²) in [6, 6.07) is 10.7. The fourth-order valence-electron chi connectivity index (χ4n) is 1.58. The van der Waals surface area contributed by atoms with Crippen LogP contribution in [0.25, 0.3) is 0 Å². The minimum Gasteiger partial charge on any atom is -0.327 e. The van der Waals surface area contributed by atoms with E-state index in [0.29, 0.717) is 5.92 Å². The summed E-state index contributed by atoms with van der Waals surface area (Å²) in [5.41, 5.74) is 8.82. The molecule has 2 atom stereocenters. The van der Waals surface area contributed by atoms with Gasteiger partial charge in [-0.15, -0.1) is 0 Å². The molecule has 1 aromatic rings. The van der Waals surface area contributed by atoms with Gasteiger partial charge in [-0.25, -0.2) is 0 Å². The van der Waals surface area contributed by atoms with Gasteiger partial charge in [-0.2, -0.15) is 0 Å². The molecule has 0 bridgehead atoms. The number of rotatable bonds is 4. The third-order valence-corrected chi connectivity index (χ3v) is 2.77. The second-order valence-corrected chi connectivity index (χ2v) is 4.38. The average Bonchev–Trinajstić information content (AvgIpc) is 2.26. The molecule has 1 nitrogen and oxygen atoms in total. The molecule has 0 saturated carbocycles. The molecule has 0 radical (unpaired) electrons. The van der Waals surface area contributed by atoms with Gasteiger partial charge in [-0.05, 0) is 31.7 Å². The van der Waals surface area contributed by atoms with Crippen LogP contribution in [0.1, 0.15) is 38.7 Å². The van der Waals surface area contributed by atoms with Crippen LogP contribution in [0.3, 0.4) is 0 Å². The maximum atomic E-state index is 6.15. The van der Waals surface area contributed by atoms with Crippen LogP contribution in [0.2, 0.25) is 0 Å². The van der Waals surface area contributed by atoms with Gasteiger partial charge >= 0.3 is 0 Å². The molecule has 2 unspecified atom stereocenters. The van der Waals surface area contributed by atoms with Gasteiger partial charge in [0.05, 0.1) is 0 Å². The highest BCUT2D eigenvalue weighted by Gasteiger charge is 2.12. The Bertz CT molecular complexity index is 309. The molecule has 0 aliphatic rings. The summed E-state index contributed by atoms with van der Waals surface area (Å²) in [6.07, 6.45) is 3.17. The lowest BCUT2D eigenvalue weighted by Crippen LogP contribution is -2.25. The van der Waals surface area contributed by atoms with E-state index in [1.807, 2.05) is 6.07 Å². The molecule has 82 valence electrons. The maximum absolute atomic E-state index is 6.15. The predicted octanol–water partition coefficient (Wildman–Crippen LogP) is 3.47. The second-order valence-electron chi connectivity index (χ2n) is 4.38. The Morgan fingerprint density at radius 2 is 1.87 bits per heavy atom. The average molecular weight is 203 g/mol. The summed E-state index contributed by atoms with van der Waals surface area (Å²) in [4.78, 5) is 0. The van der Waals surface area contributed by atoms with Crippen LogP contribution in [-0.4, -0.2) is 6.04 Å². The summed E-state index contributed by atoms with van der Waals surface area (Å²) in [5.74, 6) is 0.418. The Labute approximate surface area is 93.0 Å². The van der Waals surface area contributed by atoms with Gasteiger partial charge in [0, 0.05) is 6.04 Å². The molecule has 0 heterocycles. The quantitative estimate of drug-likeness (QED) is 0.745. The third-order valence-electron chi connectivity index (χ3n) is 2.77. The number of nitrogens with two attached hydrogens (primary N) is 1. The van der Waals surface area contributed by atoms with Crippen molar-refractivity contribution in [3.05, 3.63) is 47.5 Å². The van der Waals surface area contributed by atoms with Crippen LogP contribution in [0.15, 0.2) is 42.0 Å². The molecule has 0 amide bonds. The van der Waals surface area contributed by atoms with Gasteiger partial charge in [0.25, 0.3) is 0 Å². The van der Waals surface area contributed by atoms with Crippen molar-refractivity contribution in [2.45, 2.75) is 39.2 Å². The second kappa shape index (κ2) is 5.72. The lowest BCUT2D eigenvalue weighted by Gasteiger charge is -2.19. The summed E-state index contributed by atoms with van der Waals surface area (Å²) >= 11 is 0. The number of benzene rings is 1. The first-order valence-corrected chi connectivity index (χ1v) is 5.55. The minimum atomic E-state index is 0.210. The van der Waals surface area contributed by atoms with Crippen molar-refractivity contribution in [3.8, 4) is 0 Å². The molecule has 0 spiro atoms. The van der Waals surface area contributed by atoms with E-state index in [9.17, 15) is 0 Å². The van der Waals surface area contributed by atoms with E-state index in [0.717, 1.165) is 6.42 Å². The van der Waals surface area contributed by atoms with Gasteiger partial charge in [-0.3, -0.25) is 0 Å². The van der Waals surface area contributed by atoms with Crippen molar-refractivity contribution in [2.75, 3.05) is 0 Å². The summed E-state index contributed by atoms with van der Waals surface area (Å²) < 4.78 is 0. The van der Waals surface area contributed by atoms with E-state index in [4.69, 9.17) is 5.73 Å². The van der Waals surface area contributed by atoms with Crippen LogP contribution in [-0.2, 0) is 0 Å². The molecular formula is C14H21N. The first-order valence-electron chi connectivity index (χ1n) is 5.55. The zero-order valence-electron chi connectivity index (χ0n) is 9.90. The molecule has 0 fully saturated rings. The zero-order valence-corrected chi connectivity index (χ0v) is 9.90. The first kappa shape index (κ1) is 12.0. The molecule has 1 aromatic carbocycles. The Hall–Kier alpha value is -1.08. The summed E-state index contributed by atoms with van der Waals surface area (Å²) in [7, 11) is 0. The number of allylic oxidation sites excluding steroid dienone is 1. The Morgan fingerprint density at radius 1 is 1.27 bits per heavy atom. The fourth-order valence-corrected chi connectivity index (χ4v) is 1.58. The molecule has 0 aromatic heterocycles. The van der Waals surface area contributed by atoms with E-state index >= 15 is 0 Å². The number of hydrogen-bond acceptors (Lipinski definition) is 1. The van der Waals surface area contributed by atoms with Crippen LogP contribution in [0, 0.1) is 0 Å². The van der Waals surface area contributed by atoms with Gasteiger partial charge < -0.3 is 5.73 Å². The van der Waals surface area contributed by atoms with Gasteiger partial charge in [0.1, 0.15) is 0 Å². The molecule has 1 rings (SSSR count). The normalized spacial score (nSPS) is 14.4. The lowest BCUT2D eigenvalue weighted by atomic mass is 9.91. The Morgan fingerprint density at radius 3 is 2.40 bits per heavy atom. The molecule has 0 aliphatic heterocycles. The van der Waals surface area contributed by atoms with Crippen molar-refractivity contribution in [1.82, 2.24) is 0 Å². The van der Waals surface area contributed by atoms with Crippen molar-refractivity contribution in [1.29, 1.82) is 0 Å². The summed E-state index contributed by atoms with van der Waals surface area (Å²) in [6.45, 7) is 6.42. The van der Waals surface area contributed by atoms with E-state index in [-0.39, 0.29) is 6.04 Å². The molecule has 0 aliphatic carbocycles. The third kappa shape index (κ3) is 3.88. The van der Waals surface area contributed by atoms with E-state index in [2.05, 4.69) is 51.1 Å². The van der Waals surface area contributed by atoms with Gasteiger partial charge in [0.2, 0.25) is 0 Å². The molecule has 15 heavy (non-hydrogen) atoms. The van der Waals surface area contributed by atoms with Crippen molar-refractivity contribution in [3.63, 3.8) is 0 Å². The fraction of sp³-hybridized carbons (Fsp3) is 0.429. The van der Waals surface area contributed by atoms with Crippen LogP contribution < -0.4 is 5.73 Å². The van der Waals surface area contributed by atoms with Crippen LogP contribution >= 0.6 is 0 Å². The molecule has 2 N–H and O–H groups in total. The van der Waals surface area contributed by atoms with E-state index in [1.54, 1.807) is 0 Å². The SMILES string of the molecule is CC(C)=CCC(N)C(C)c1ccccc1. The topological polar surface area (TPSA) is 26.0 Å². The van der Waals surface area contributed by atoms with Crippen LogP contribution in [0.5, 0.6) is 0 Å². The maximum Gasteiger partial charge on any atom is 0.0140 e. The van der Waals surface area contributed by atoms with Crippen molar-refractivity contribution >= 4 is 0 Å². The largest absolute Gasteiger partial charge is 0.327 e. The summed E-state index contributed by atoms with van der Waals surface area (Å²) in [5, 5.41) is 0. The molecule has 1 heteroatoms. The first-order chi connectivity index (χ1) is 7.11. The molecule has 0 saturated heterocycles. The van der Waals surface area contributed by atoms with Crippen LogP contribution in [0.4, 0.5) is 0 Å². The highest BCUT2D eigenvalue weighted by Crippen LogP contribution is 2.19. The number of hydrogen-bond donors (Lipinski definition) is 1. The molecular weight excluding hydrogens is 182 g/mol. The van der Waals surface area contributed by atoms with Crippen molar-refractivity contribution < 1.29 is 0 Å². The Balaban J connectivity index is 2.61. The minimum absolute atomic E-state index is 0.210. The highest BCUT2D eigenvalue weighted by atomic mass is 14.6. The smallest absolute Gasteiger partial charge is 0.0140 e. The van der Waals surface area contributed by atoms with Gasteiger partial charge in [-0.1, -0.05) is 48.9 Å².